The summed E-state index contributed by atoms with van der Waals surface area (Å²) < 4.78 is 0. The number of amides is 2. The van der Waals surface area contributed by atoms with Crippen LogP contribution in [0.5, 0.6) is 0 Å². The standard InChI is InChI=1S/C7H8N2O2S2/c1-3(10)8-5-6-4(2-12-13-6)9-7(5)11/h2,5-6H,1H3,(H,8,10)(H,9,11). The van der Waals surface area contributed by atoms with Crippen LogP contribution in [-0.2, 0) is 9.59 Å². The van der Waals surface area contributed by atoms with Gasteiger partial charge in [0.2, 0.25) is 11.8 Å². The molecule has 2 amide bonds. The van der Waals surface area contributed by atoms with Crippen molar-refractivity contribution in [3.8, 4) is 0 Å². The summed E-state index contributed by atoms with van der Waals surface area (Å²) in [4.78, 5) is 22.1. The highest BCUT2D eigenvalue weighted by molar-refractivity contribution is 8.78. The van der Waals surface area contributed by atoms with E-state index >= 15 is 0 Å². The van der Waals surface area contributed by atoms with E-state index in [1.165, 1.54) is 6.92 Å². The molecular formula is C7H8N2O2S2. The van der Waals surface area contributed by atoms with Crippen LogP contribution < -0.4 is 10.6 Å². The molecule has 0 bridgehead atoms. The number of fused-ring (bicyclic) bond motifs is 1. The van der Waals surface area contributed by atoms with Crippen LogP contribution in [0.15, 0.2) is 11.1 Å². The van der Waals surface area contributed by atoms with Gasteiger partial charge in [-0.25, -0.2) is 0 Å². The van der Waals surface area contributed by atoms with Gasteiger partial charge in [-0.3, -0.25) is 9.59 Å². The van der Waals surface area contributed by atoms with Crippen molar-refractivity contribution in [3.05, 3.63) is 11.1 Å². The fraction of sp³-hybridized carbons (Fsp3) is 0.429. The van der Waals surface area contributed by atoms with Gasteiger partial charge in [0.15, 0.2) is 0 Å². The van der Waals surface area contributed by atoms with Gasteiger partial charge >= 0.3 is 0 Å². The fourth-order valence-electron chi connectivity index (χ4n) is 1.31. The van der Waals surface area contributed by atoms with E-state index in [9.17, 15) is 9.59 Å². The van der Waals surface area contributed by atoms with Crippen LogP contribution in [0.3, 0.4) is 0 Å². The maximum atomic E-state index is 11.3. The second-order valence-corrected chi connectivity index (χ2v) is 5.14. The predicted octanol–water partition coefficient (Wildman–Crippen LogP) is 0.226. The van der Waals surface area contributed by atoms with E-state index in [4.69, 9.17) is 0 Å². The molecule has 2 rings (SSSR count). The topological polar surface area (TPSA) is 58.2 Å². The maximum absolute atomic E-state index is 11.3. The Labute approximate surface area is 83.3 Å². The van der Waals surface area contributed by atoms with Gasteiger partial charge in [0.1, 0.15) is 6.04 Å². The molecule has 2 N–H and O–H groups in total. The number of carbonyl (C=O) groups excluding carboxylic acids is 2. The van der Waals surface area contributed by atoms with Crippen LogP contribution >= 0.6 is 21.6 Å². The lowest BCUT2D eigenvalue weighted by atomic mass is 10.2. The van der Waals surface area contributed by atoms with Crippen LogP contribution in [0.4, 0.5) is 0 Å². The first-order valence-corrected chi connectivity index (χ1v) is 6.06. The molecule has 0 radical (unpaired) electrons. The van der Waals surface area contributed by atoms with Gasteiger partial charge in [0.25, 0.3) is 0 Å². The van der Waals surface area contributed by atoms with Crippen molar-refractivity contribution in [2.45, 2.75) is 18.2 Å². The first-order chi connectivity index (χ1) is 6.18. The molecule has 1 fully saturated rings. The lowest BCUT2D eigenvalue weighted by Gasteiger charge is -2.12. The predicted molar refractivity (Wildman–Crippen MR) is 52.8 cm³/mol. The second-order valence-electron chi connectivity index (χ2n) is 2.85. The number of nitrogens with one attached hydrogen (secondary N) is 2. The van der Waals surface area contributed by atoms with Crippen LogP contribution in [0, 0.1) is 0 Å². The Hall–Kier alpha value is -0.620. The Morgan fingerprint density at radius 1 is 1.69 bits per heavy atom. The molecule has 0 spiro atoms. The zero-order valence-electron chi connectivity index (χ0n) is 6.87. The molecular weight excluding hydrogens is 208 g/mol. The highest BCUT2D eigenvalue weighted by Crippen LogP contribution is 2.43. The summed E-state index contributed by atoms with van der Waals surface area (Å²) in [5.74, 6) is -0.279. The fourth-order valence-corrected chi connectivity index (χ4v) is 3.90. The van der Waals surface area contributed by atoms with Crippen molar-refractivity contribution in [2.75, 3.05) is 0 Å². The number of hydrogen-bond acceptors (Lipinski definition) is 4. The third-order valence-electron chi connectivity index (χ3n) is 1.85. The molecule has 6 heteroatoms. The SMILES string of the molecule is CC(=O)NC1C(=O)NC2=CSSC21. The van der Waals surface area contributed by atoms with Crippen molar-refractivity contribution in [3.63, 3.8) is 0 Å². The molecule has 13 heavy (non-hydrogen) atoms. The minimum absolute atomic E-state index is 0.0707. The highest BCUT2D eigenvalue weighted by Gasteiger charge is 2.42. The zero-order valence-corrected chi connectivity index (χ0v) is 8.50. The van der Waals surface area contributed by atoms with Gasteiger partial charge in [0.05, 0.1) is 5.25 Å². The van der Waals surface area contributed by atoms with Crippen LogP contribution in [0.1, 0.15) is 6.92 Å². The molecule has 2 heterocycles. The molecule has 2 atom stereocenters. The van der Waals surface area contributed by atoms with E-state index in [2.05, 4.69) is 10.6 Å². The monoisotopic (exact) mass is 216 g/mol. The van der Waals surface area contributed by atoms with Crippen molar-refractivity contribution < 1.29 is 9.59 Å². The lowest BCUT2D eigenvalue weighted by Crippen LogP contribution is -2.43. The Morgan fingerprint density at radius 3 is 3.15 bits per heavy atom. The molecule has 2 aliphatic rings. The van der Waals surface area contributed by atoms with E-state index in [0.29, 0.717) is 0 Å². The molecule has 0 aromatic rings. The average Bonchev–Trinajstić information content (AvgIpc) is 2.55. The summed E-state index contributed by atoms with van der Waals surface area (Å²) in [5.41, 5.74) is 0.916. The van der Waals surface area contributed by atoms with Crippen molar-refractivity contribution in [1.29, 1.82) is 0 Å². The van der Waals surface area contributed by atoms with Gasteiger partial charge < -0.3 is 10.6 Å². The number of hydrogen-bond donors (Lipinski definition) is 2. The van der Waals surface area contributed by atoms with Crippen LogP contribution in [-0.4, -0.2) is 23.1 Å². The summed E-state index contributed by atoms with van der Waals surface area (Å²) in [6, 6.07) is -0.399. The molecule has 2 unspecified atom stereocenters. The van der Waals surface area contributed by atoms with Crippen molar-refractivity contribution in [1.82, 2.24) is 10.6 Å². The lowest BCUT2D eigenvalue weighted by molar-refractivity contribution is -0.126. The van der Waals surface area contributed by atoms with E-state index in [1.807, 2.05) is 5.41 Å². The summed E-state index contributed by atoms with van der Waals surface area (Å²) in [5, 5.41) is 7.36. The first kappa shape index (κ1) is 8.96. The Balaban J connectivity index is 2.14. The summed E-state index contributed by atoms with van der Waals surface area (Å²) >= 11 is 0. The van der Waals surface area contributed by atoms with Gasteiger partial charge in [-0.2, -0.15) is 0 Å². The van der Waals surface area contributed by atoms with E-state index in [1.54, 1.807) is 21.6 Å². The Bertz CT molecular complexity index is 303. The normalized spacial score (nSPS) is 30.8. The van der Waals surface area contributed by atoms with Crippen LogP contribution in [0.2, 0.25) is 0 Å². The number of carbonyl (C=O) groups is 2. The van der Waals surface area contributed by atoms with Gasteiger partial charge in [-0.15, -0.1) is 0 Å². The molecule has 4 nitrogen and oxygen atoms in total. The van der Waals surface area contributed by atoms with Gasteiger partial charge in [-0.05, 0) is 0 Å². The molecule has 0 aromatic heterocycles. The minimum atomic E-state index is -0.399. The van der Waals surface area contributed by atoms with Crippen molar-refractivity contribution in [2.24, 2.45) is 0 Å². The molecule has 0 aliphatic carbocycles. The summed E-state index contributed by atoms with van der Waals surface area (Å²) in [6.45, 7) is 1.42. The first-order valence-electron chi connectivity index (χ1n) is 3.78. The third kappa shape index (κ3) is 1.55. The second kappa shape index (κ2) is 3.26. The Morgan fingerprint density at radius 2 is 2.46 bits per heavy atom. The summed E-state index contributed by atoms with van der Waals surface area (Å²) in [7, 11) is 3.18. The van der Waals surface area contributed by atoms with E-state index < -0.39 is 6.04 Å². The van der Waals surface area contributed by atoms with E-state index in [-0.39, 0.29) is 17.1 Å². The van der Waals surface area contributed by atoms with Gasteiger partial charge in [-0.1, -0.05) is 21.6 Å². The molecule has 0 saturated carbocycles. The molecule has 70 valence electrons. The van der Waals surface area contributed by atoms with Crippen LogP contribution in [0.25, 0.3) is 0 Å². The smallest absolute Gasteiger partial charge is 0.248 e. The Kier molecular flexibility index (Phi) is 2.25. The minimum Gasteiger partial charge on any atom is -0.343 e. The van der Waals surface area contributed by atoms with E-state index in [0.717, 1.165) is 5.70 Å². The zero-order chi connectivity index (χ0) is 9.42. The average molecular weight is 216 g/mol. The third-order valence-corrected chi connectivity index (χ3v) is 4.29. The molecule has 1 saturated heterocycles. The highest BCUT2D eigenvalue weighted by atomic mass is 33.1. The molecule has 0 aromatic carbocycles. The maximum Gasteiger partial charge on any atom is 0.248 e. The van der Waals surface area contributed by atoms with Crippen molar-refractivity contribution >= 4 is 33.4 Å². The molecule has 2 aliphatic heterocycles. The quantitative estimate of drug-likeness (QED) is 0.616. The largest absolute Gasteiger partial charge is 0.343 e. The number of rotatable bonds is 1. The van der Waals surface area contributed by atoms with Gasteiger partial charge in [0, 0.05) is 18.0 Å². The summed E-state index contributed by atoms with van der Waals surface area (Å²) in [6.07, 6.45) is 0.